The van der Waals surface area contributed by atoms with Crippen LogP contribution in [0.1, 0.15) is 19.8 Å². The fourth-order valence-electron chi connectivity index (χ4n) is 2.08. The third kappa shape index (κ3) is 1.98. The molecule has 0 saturated carbocycles. The second-order valence-corrected chi connectivity index (χ2v) is 6.89. The van der Waals surface area contributed by atoms with Crippen LogP contribution < -0.4 is 0 Å². The number of carboxylic acids is 1. The van der Waals surface area contributed by atoms with Crippen molar-refractivity contribution in [1.29, 1.82) is 0 Å². The minimum atomic E-state index is -3.91. The van der Waals surface area contributed by atoms with Crippen molar-refractivity contribution in [2.75, 3.05) is 6.54 Å². The van der Waals surface area contributed by atoms with Gasteiger partial charge in [-0.25, -0.2) is 8.42 Å². The minimum Gasteiger partial charge on any atom is -0.480 e. The molecule has 8 heteroatoms. The van der Waals surface area contributed by atoms with Crippen molar-refractivity contribution in [1.82, 2.24) is 4.31 Å². The summed E-state index contributed by atoms with van der Waals surface area (Å²) in [5, 5.41) is 8.97. The molecule has 1 aliphatic rings. The molecule has 18 heavy (non-hydrogen) atoms. The van der Waals surface area contributed by atoms with Gasteiger partial charge in [-0.2, -0.15) is 4.31 Å². The number of rotatable bonds is 3. The van der Waals surface area contributed by atoms with E-state index < -0.39 is 21.5 Å². The first kappa shape index (κ1) is 13.6. The zero-order valence-electron chi connectivity index (χ0n) is 9.59. The number of halogens is 1. The number of hydrogen-bond acceptors (Lipinski definition) is 4. The Morgan fingerprint density at radius 3 is 2.72 bits per heavy atom. The van der Waals surface area contributed by atoms with E-state index in [1.165, 1.54) is 19.1 Å². The second-order valence-electron chi connectivity index (χ2n) is 4.32. The average molecular weight is 338 g/mol. The summed E-state index contributed by atoms with van der Waals surface area (Å²) in [6.45, 7) is 1.60. The van der Waals surface area contributed by atoms with Gasteiger partial charge in [0.15, 0.2) is 4.67 Å². The Labute approximate surface area is 113 Å². The van der Waals surface area contributed by atoms with E-state index >= 15 is 0 Å². The summed E-state index contributed by atoms with van der Waals surface area (Å²) in [6.07, 6.45) is 0.813. The fourth-order valence-corrected chi connectivity index (χ4v) is 4.22. The number of furan rings is 1. The quantitative estimate of drug-likeness (QED) is 0.906. The first-order valence-corrected chi connectivity index (χ1v) is 7.53. The third-order valence-corrected chi connectivity index (χ3v) is 5.45. The molecule has 0 aliphatic carbocycles. The minimum absolute atomic E-state index is 0.184. The molecule has 1 aromatic rings. The Bertz CT molecular complexity index is 581. The summed E-state index contributed by atoms with van der Waals surface area (Å²) < 4.78 is 30.9. The lowest BCUT2D eigenvalue weighted by molar-refractivity contribution is -0.146. The molecule has 0 unspecified atom stereocenters. The molecule has 6 nitrogen and oxygen atoms in total. The van der Waals surface area contributed by atoms with Gasteiger partial charge in [0.2, 0.25) is 5.09 Å². The second kappa shape index (κ2) is 4.36. The van der Waals surface area contributed by atoms with Crippen molar-refractivity contribution in [3.05, 3.63) is 16.8 Å². The zero-order chi connectivity index (χ0) is 13.6. The number of hydrogen-bond donors (Lipinski definition) is 1. The van der Waals surface area contributed by atoms with Crippen LogP contribution in [0.5, 0.6) is 0 Å². The number of sulfonamides is 1. The molecule has 0 bridgehead atoms. The Morgan fingerprint density at radius 2 is 2.22 bits per heavy atom. The van der Waals surface area contributed by atoms with E-state index in [0.29, 0.717) is 12.8 Å². The molecule has 0 amide bonds. The van der Waals surface area contributed by atoms with E-state index in [1.54, 1.807) is 0 Å². The lowest BCUT2D eigenvalue weighted by Gasteiger charge is -2.29. The van der Waals surface area contributed by atoms with Gasteiger partial charge in [-0.15, -0.1) is 0 Å². The van der Waals surface area contributed by atoms with Crippen LogP contribution in [0.25, 0.3) is 0 Å². The Balaban J connectivity index is 2.45. The Kier molecular flexibility index (Phi) is 3.28. The maximum absolute atomic E-state index is 12.3. The van der Waals surface area contributed by atoms with Crippen LogP contribution in [0, 0.1) is 0 Å². The first-order chi connectivity index (χ1) is 8.28. The maximum Gasteiger partial charge on any atom is 0.324 e. The van der Waals surface area contributed by atoms with Crippen LogP contribution in [-0.2, 0) is 14.8 Å². The molecule has 2 rings (SSSR count). The molecule has 2 heterocycles. The molecule has 1 aliphatic heterocycles. The van der Waals surface area contributed by atoms with E-state index in [1.807, 2.05) is 0 Å². The molecule has 0 aromatic carbocycles. The highest BCUT2D eigenvalue weighted by molar-refractivity contribution is 9.10. The van der Waals surface area contributed by atoms with Crippen molar-refractivity contribution >= 4 is 31.9 Å². The van der Waals surface area contributed by atoms with Crippen LogP contribution in [-0.4, -0.2) is 35.9 Å². The van der Waals surface area contributed by atoms with Gasteiger partial charge < -0.3 is 9.52 Å². The fraction of sp³-hybridized carbons (Fsp3) is 0.500. The van der Waals surface area contributed by atoms with Gasteiger partial charge >= 0.3 is 5.97 Å². The van der Waals surface area contributed by atoms with Gasteiger partial charge in [-0.05, 0) is 47.8 Å². The van der Waals surface area contributed by atoms with E-state index in [2.05, 4.69) is 15.9 Å². The highest BCUT2D eigenvalue weighted by Gasteiger charge is 2.50. The van der Waals surface area contributed by atoms with E-state index in [-0.39, 0.29) is 16.3 Å². The SMILES string of the molecule is C[C@@]1(C(=O)O)CCCN1S(=O)(=O)c1ccc(Br)o1. The van der Waals surface area contributed by atoms with Crippen molar-refractivity contribution in [3.63, 3.8) is 0 Å². The van der Waals surface area contributed by atoms with Crippen molar-refractivity contribution in [2.45, 2.75) is 30.4 Å². The van der Waals surface area contributed by atoms with E-state index in [4.69, 9.17) is 4.42 Å². The predicted molar refractivity (Wildman–Crippen MR) is 65.6 cm³/mol. The largest absolute Gasteiger partial charge is 0.480 e. The van der Waals surface area contributed by atoms with Gasteiger partial charge in [-0.1, -0.05) is 0 Å². The average Bonchev–Trinajstić information content (AvgIpc) is 2.85. The van der Waals surface area contributed by atoms with Crippen LogP contribution in [0.4, 0.5) is 0 Å². The highest BCUT2D eigenvalue weighted by Crippen LogP contribution is 2.35. The highest BCUT2D eigenvalue weighted by atomic mass is 79.9. The summed E-state index contributed by atoms with van der Waals surface area (Å²) in [6, 6.07) is 2.76. The summed E-state index contributed by atoms with van der Waals surface area (Å²) in [5.41, 5.74) is -1.40. The molecular formula is C10H12BrNO5S. The summed E-state index contributed by atoms with van der Waals surface area (Å²) in [4.78, 5) is 11.3. The third-order valence-electron chi connectivity index (χ3n) is 3.13. The number of carboxylic acid groups (broad SMARTS) is 1. The standard InChI is InChI=1S/C10H12BrNO5S/c1-10(9(13)14)5-2-6-12(10)18(15,16)8-4-3-7(11)17-8/h3-4H,2,5-6H2,1H3,(H,13,14)/t10-/m0/s1. The summed E-state index contributed by atoms with van der Waals surface area (Å²) in [5.74, 6) is -1.14. The molecule has 1 fully saturated rings. The molecule has 0 radical (unpaired) electrons. The van der Waals surface area contributed by atoms with Crippen LogP contribution >= 0.6 is 15.9 Å². The lowest BCUT2D eigenvalue weighted by Crippen LogP contribution is -2.50. The molecule has 0 spiro atoms. The summed E-state index contributed by atoms with van der Waals surface area (Å²) >= 11 is 3.02. The molecule has 1 saturated heterocycles. The van der Waals surface area contributed by atoms with Gasteiger partial charge in [-0.3, -0.25) is 4.79 Å². The Hall–Kier alpha value is -0.860. The predicted octanol–water partition coefficient (Wildman–Crippen LogP) is 1.67. The maximum atomic E-state index is 12.3. The van der Waals surface area contributed by atoms with E-state index in [9.17, 15) is 18.3 Å². The van der Waals surface area contributed by atoms with Gasteiger partial charge in [0.1, 0.15) is 5.54 Å². The molecule has 100 valence electrons. The van der Waals surface area contributed by atoms with Crippen molar-refractivity contribution in [2.24, 2.45) is 0 Å². The smallest absolute Gasteiger partial charge is 0.324 e. The van der Waals surface area contributed by atoms with E-state index in [0.717, 1.165) is 4.31 Å². The van der Waals surface area contributed by atoms with Crippen LogP contribution in [0.3, 0.4) is 0 Å². The lowest BCUT2D eigenvalue weighted by atomic mass is 10.0. The summed E-state index contributed by atoms with van der Waals surface area (Å²) in [7, 11) is -3.91. The number of aliphatic carboxylic acids is 1. The van der Waals surface area contributed by atoms with Crippen molar-refractivity contribution < 1.29 is 22.7 Å². The van der Waals surface area contributed by atoms with Gasteiger partial charge in [0.05, 0.1) is 0 Å². The van der Waals surface area contributed by atoms with Crippen LogP contribution in [0.2, 0.25) is 0 Å². The number of carbonyl (C=O) groups is 1. The molecule has 1 aromatic heterocycles. The number of nitrogens with zero attached hydrogens (tertiary/aromatic N) is 1. The van der Waals surface area contributed by atoms with Gasteiger partial charge in [0.25, 0.3) is 10.0 Å². The van der Waals surface area contributed by atoms with Gasteiger partial charge in [0, 0.05) is 6.54 Å². The topological polar surface area (TPSA) is 87.8 Å². The van der Waals surface area contributed by atoms with Crippen LogP contribution in [0.15, 0.2) is 26.3 Å². The normalized spacial score (nSPS) is 25.4. The molecule has 1 atom stereocenters. The monoisotopic (exact) mass is 337 g/mol. The van der Waals surface area contributed by atoms with Crippen molar-refractivity contribution in [3.8, 4) is 0 Å². The first-order valence-electron chi connectivity index (χ1n) is 5.30. The Morgan fingerprint density at radius 1 is 1.56 bits per heavy atom. The zero-order valence-corrected chi connectivity index (χ0v) is 12.0. The molecular weight excluding hydrogens is 326 g/mol. The molecule has 1 N–H and O–H groups in total.